The smallest absolute Gasteiger partial charge is 0.334 e. The fourth-order valence-corrected chi connectivity index (χ4v) is 4.36. The maximum Gasteiger partial charge on any atom is 0.334 e. The van der Waals surface area contributed by atoms with Crippen molar-refractivity contribution in [3.05, 3.63) is 0 Å². The molecule has 2 aliphatic heterocycles. The Labute approximate surface area is 123 Å². The van der Waals surface area contributed by atoms with Gasteiger partial charge in [-0.25, -0.2) is 0 Å². The van der Waals surface area contributed by atoms with Crippen molar-refractivity contribution < 1.29 is 18.3 Å². The zero-order valence-electron chi connectivity index (χ0n) is 13.1. The average Bonchev–Trinajstić information content (AvgIpc) is 3.16. The predicted molar refractivity (Wildman–Crippen MR) is 79.7 cm³/mol. The van der Waals surface area contributed by atoms with Crippen LogP contribution in [0.15, 0.2) is 0 Å². The minimum atomic E-state index is -1.95. The molecule has 118 valence electrons. The molecule has 0 aromatic carbocycles. The summed E-state index contributed by atoms with van der Waals surface area (Å²) in [7, 11) is 1.56. The van der Waals surface area contributed by atoms with Gasteiger partial charge in [-0.3, -0.25) is 4.90 Å². The summed E-state index contributed by atoms with van der Waals surface area (Å²) in [5, 5.41) is 0. The van der Waals surface area contributed by atoms with Crippen LogP contribution in [0.1, 0.15) is 32.1 Å². The molecule has 2 unspecified atom stereocenters. The number of ether oxygens (including phenoxy) is 2. The van der Waals surface area contributed by atoms with Crippen molar-refractivity contribution in [2.75, 3.05) is 34.0 Å². The Morgan fingerprint density at radius 1 is 1.05 bits per heavy atom. The highest BCUT2D eigenvalue weighted by Gasteiger charge is 2.33. The molecular formula is C14H29NO4Si. The van der Waals surface area contributed by atoms with Gasteiger partial charge in [-0.05, 0) is 44.7 Å². The minimum Gasteiger partial charge on any atom is -0.398 e. The molecule has 20 heavy (non-hydrogen) atoms. The largest absolute Gasteiger partial charge is 0.398 e. The van der Waals surface area contributed by atoms with E-state index in [1.54, 1.807) is 14.2 Å². The molecule has 0 N–H and O–H groups in total. The van der Waals surface area contributed by atoms with Crippen molar-refractivity contribution in [2.24, 2.45) is 0 Å². The van der Waals surface area contributed by atoms with Gasteiger partial charge < -0.3 is 18.3 Å². The first kappa shape index (κ1) is 16.4. The van der Waals surface area contributed by atoms with Crippen LogP contribution >= 0.6 is 0 Å². The van der Waals surface area contributed by atoms with Gasteiger partial charge in [0.15, 0.2) is 0 Å². The van der Waals surface area contributed by atoms with Gasteiger partial charge in [-0.15, -0.1) is 0 Å². The second-order valence-electron chi connectivity index (χ2n) is 5.82. The van der Waals surface area contributed by atoms with E-state index < -0.39 is 8.56 Å². The van der Waals surface area contributed by atoms with E-state index in [-0.39, 0.29) is 12.5 Å². The van der Waals surface area contributed by atoms with Gasteiger partial charge in [0.2, 0.25) is 0 Å². The highest BCUT2D eigenvalue weighted by Crippen LogP contribution is 2.26. The van der Waals surface area contributed by atoms with E-state index >= 15 is 0 Å². The highest BCUT2D eigenvalue weighted by molar-refractivity contribution is 6.65. The van der Waals surface area contributed by atoms with Gasteiger partial charge in [-0.1, -0.05) is 0 Å². The Bertz CT molecular complexity index is 260. The Morgan fingerprint density at radius 3 is 2.00 bits per heavy atom. The lowest BCUT2D eigenvalue weighted by atomic mass is 10.2. The number of rotatable bonds is 8. The van der Waals surface area contributed by atoms with Crippen molar-refractivity contribution in [3.8, 4) is 0 Å². The molecule has 0 radical (unpaired) electrons. The molecule has 2 aliphatic rings. The van der Waals surface area contributed by atoms with Crippen molar-refractivity contribution in [3.63, 3.8) is 0 Å². The highest BCUT2D eigenvalue weighted by atomic mass is 28.4. The second kappa shape index (κ2) is 7.86. The summed E-state index contributed by atoms with van der Waals surface area (Å²) in [5.74, 6) is 0. The van der Waals surface area contributed by atoms with E-state index in [9.17, 15) is 0 Å². The Balaban J connectivity index is 1.84. The van der Waals surface area contributed by atoms with E-state index in [0.29, 0.717) is 0 Å². The summed E-state index contributed by atoms with van der Waals surface area (Å²) in [5.41, 5.74) is 0. The second-order valence-corrected chi connectivity index (χ2v) is 9.40. The lowest BCUT2D eigenvalue weighted by Crippen LogP contribution is -2.44. The molecule has 2 fully saturated rings. The Morgan fingerprint density at radius 2 is 1.60 bits per heavy atom. The molecule has 0 aromatic heterocycles. The van der Waals surface area contributed by atoms with Crippen LogP contribution in [0.5, 0.6) is 0 Å². The van der Waals surface area contributed by atoms with E-state index in [2.05, 4.69) is 11.4 Å². The van der Waals surface area contributed by atoms with Crippen LogP contribution in [0.4, 0.5) is 0 Å². The topological polar surface area (TPSA) is 40.2 Å². The molecule has 0 aliphatic carbocycles. The molecule has 2 rings (SSSR count). The van der Waals surface area contributed by atoms with Crippen LogP contribution in [0.3, 0.4) is 0 Å². The van der Waals surface area contributed by atoms with Crippen molar-refractivity contribution >= 4 is 8.56 Å². The summed E-state index contributed by atoms with van der Waals surface area (Å²) >= 11 is 0. The molecule has 0 spiro atoms. The molecule has 6 heteroatoms. The molecule has 2 heterocycles. The lowest BCUT2D eigenvalue weighted by Gasteiger charge is -2.33. The first-order valence-corrected chi connectivity index (χ1v) is 10.3. The van der Waals surface area contributed by atoms with E-state index in [4.69, 9.17) is 18.3 Å². The first-order chi connectivity index (χ1) is 9.68. The minimum absolute atomic E-state index is 0.246. The predicted octanol–water partition coefficient (Wildman–Crippen LogP) is 2.32. The molecular weight excluding hydrogens is 274 g/mol. The molecule has 2 atom stereocenters. The normalized spacial score (nSPS) is 27.6. The van der Waals surface area contributed by atoms with Gasteiger partial charge >= 0.3 is 8.56 Å². The maximum absolute atomic E-state index is 5.86. The molecule has 0 amide bonds. The van der Waals surface area contributed by atoms with E-state index in [1.165, 1.54) is 0 Å². The van der Waals surface area contributed by atoms with Gasteiger partial charge in [0.05, 0.1) is 0 Å². The average molecular weight is 303 g/mol. The standard InChI is InChI=1S/C14H29NO4Si/c1-16-20(3,17-2)12-6-9-15(13-7-4-10-18-13)14-8-5-11-19-14/h13-14H,4-12H2,1-3H3. The maximum atomic E-state index is 5.86. The van der Waals surface area contributed by atoms with Crippen LogP contribution in [0.2, 0.25) is 12.6 Å². The Hall–Kier alpha value is 0.0169. The molecule has 0 saturated carbocycles. The lowest BCUT2D eigenvalue weighted by molar-refractivity contribution is -0.116. The summed E-state index contributed by atoms with van der Waals surface area (Å²) < 4.78 is 22.8. The van der Waals surface area contributed by atoms with E-state index in [1.807, 2.05) is 0 Å². The number of hydrogen-bond acceptors (Lipinski definition) is 5. The van der Waals surface area contributed by atoms with Crippen LogP contribution in [-0.4, -0.2) is 59.9 Å². The summed E-state index contributed by atoms with van der Waals surface area (Å²) in [6, 6.07) is 1.01. The molecule has 2 saturated heterocycles. The first-order valence-electron chi connectivity index (χ1n) is 7.78. The fraction of sp³-hybridized carbons (Fsp3) is 1.00. The summed E-state index contributed by atoms with van der Waals surface area (Å²) in [6.45, 7) is 4.90. The zero-order valence-corrected chi connectivity index (χ0v) is 14.1. The molecule has 0 bridgehead atoms. The number of hydrogen-bond donors (Lipinski definition) is 0. The van der Waals surface area contributed by atoms with Crippen molar-refractivity contribution in [1.82, 2.24) is 4.90 Å². The fourth-order valence-electron chi connectivity index (χ4n) is 2.99. The van der Waals surface area contributed by atoms with Gasteiger partial charge in [0.1, 0.15) is 12.5 Å². The monoisotopic (exact) mass is 303 g/mol. The molecule has 5 nitrogen and oxygen atoms in total. The van der Waals surface area contributed by atoms with Gasteiger partial charge in [0, 0.05) is 34.0 Å². The number of nitrogens with zero attached hydrogens (tertiary/aromatic N) is 1. The van der Waals surface area contributed by atoms with Crippen LogP contribution in [0, 0.1) is 0 Å². The van der Waals surface area contributed by atoms with Crippen LogP contribution in [-0.2, 0) is 18.3 Å². The third kappa shape index (κ3) is 4.25. The Kier molecular flexibility index (Phi) is 6.44. The quantitative estimate of drug-likeness (QED) is 0.644. The van der Waals surface area contributed by atoms with Crippen molar-refractivity contribution in [2.45, 2.75) is 57.2 Å². The molecule has 0 aromatic rings. The van der Waals surface area contributed by atoms with Gasteiger partial charge in [0.25, 0.3) is 0 Å². The summed E-state index contributed by atoms with van der Waals surface area (Å²) in [4.78, 5) is 2.42. The third-order valence-corrected chi connectivity index (χ3v) is 7.45. The SMILES string of the molecule is CO[Si](C)(CCCN(C1CCCO1)C1CCCO1)OC. The van der Waals surface area contributed by atoms with E-state index in [0.717, 1.165) is 57.9 Å². The van der Waals surface area contributed by atoms with Crippen LogP contribution < -0.4 is 0 Å². The van der Waals surface area contributed by atoms with Gasteiger partial charge in [-0.2, -0.15) is 0 Å². The third-order valence-electron chi connectivity index (χ3n) is 4.46. The van der Waals surface area contributed by atoms with Crippen LogP contribution in [0.25, 0.3) is 0 Å². The zero-order chi connectivity index (χ0) is 14.4. The summed E-state index contributed by atoms with van der Waals surface area (Å²) in [6.07, 6.45) is 6.15. The van der Waals surface area contributed by atoms with Crippen molar-refractivity contribution in [1.29, 1.82) is 0 Å².